The van der Waals surface area contributed by atoms with Crippen LogP contribution in [0, 0.1) is 12.8 Å². The summed E-state index contributed by atoms with van der Waals surface area (Å²) < 4.78 is 36.7. The van der Waals surface area contributed by atoms with Gasteiger partial charge in [-0.3, -0.25) is 28.9 Å². The number of aromatic nitrogens is 2. The van der Waals surface area contributed by atoms with E-state index in [1.807, 2.05) is 30.3 Å². The molecule has 0 saturated carbocycles. The van der Waals surface area contributed by atoms with Crippen LogP contribution in [0.2, 0.25) is 0 Å². The first kappa shape index (κ1) is 43.1. The minimum absolute atomic E-state index is 0.131. The Bertz CT molecular complexity index is 2740. The maximum absolute atomic E-state index is 13.8. The van der Waals surface area contributed by atoms with Crippen LogP contribution >= 0.6 is 15.9 Å². The van der Waals surface area contributed by atoms with Crippen molar-refractivity contribution in [3.05, 3.63) is 81.5 Å². The number of methoxy groups -OCH3 is 1. The van der Waals surface area contributed by atoms with Gasteiger partial charge < -0.3 is 29.7 Å². The van der Waals surface area contributed by atoms with Crippen LogP contribution in [0.15, 0.2) is 59.2 Å². The van der Waals surface area contributed by atoms with E-state index >= 15 is 0 Å². The summed E-state index contributed by atoms with van der Waals surface area (Å²) in [5.41, 5.74) is 7.98. The highest BCUT2D eigenvalue weighted by Crippen LogP contribution is 2.51. The van der Waals surface area contributed by atoms with E-state index in [2.05, 4.69) is 76.3 Å². The molecule has 0 spiro atoms. The number of benzene rings is 3. The van der Waals surface area contributed by atoms with Gasteiger partial charge in [-0.15, -0.1) is 0 Å². The quantitative estimate of drug-likeness (QED) is 0.206. The fraction of sp³-hybridized carbons (Fsp3) is 0.468. The van der Waals surface area contributed by atoms with Crippen LogP contribution in [0.3, 0.4) is 0 Å². The van der Waals surface area contributed by atoms with Gasteiger partial charge in [0.15, 0.2) is 5.82 Å². The molecule has 3 aromatic carbocycles. The fourth-order valence-electron chi connectivity index (χ4n) is 11.3. The van der Waals surface area contributed by atoms with E-state index in [0.717, 1.165) is 112 Å². The lowest BCUT2D eigenvalue weighted by Gasteiger charge is -2.44. The van der Waals surface area contributed by atoms with Gasteiger partial charge in [-0.2, -0.15) is 13.4 Å². The second-order valence-corrected chi connectivity index (χ2v) is 21.2. The lowest BCUT2D eigenvalue weighted by Crippen LogP contribution is -2.54. The third-order valence-corrected chi connectivity index (χ3v) is 17.1. The van der Waals surface area contributed by atoms with Crippen molar-refractivity contribution in [1.82, 2.24) is 30.0 Å². The summed E-state index contributed by atoms with van der Waals surface area (Å²) in [6.45, 7) is 12.2. The minimum Gasteiger partial charge on any atom is -0.494 e. The highest BCUT2D eigenvalue weighted by molar-refractivity contribution is 9.10. The van der Waals surface area contributed by atoms with Gasteiger partial charge >= 0.3 is 10.2 Å². The number of carbonyl (C=O) groups excluding carboxylic acids is 3. The van der Waals surface area contributed by atoms with Gasteiger partial charge in [0.1, 0.15) is 11.8 Å². The number of hydrogen-bond donors (Lipinski definition) is 2. The Kier molecular flexibility index (Phi) is 11.1. The predicted octanol–water partition coefficient (Wildman–Crippen LogP) is 4.93. The minimum atomic E-state index is -3.86. The lowest BCUT2D eigenvalue weighted by atomic mass is 10.00. The van der Waals surface area contributed by atoms with Crippen molar-refractivity contribution >= 4 is 84.1 Å². The number of fused-ring (bicyclic) bond motifs is 1. The Morgan fingerprint density at radius 3 is 2.47 bits per heavy atom. The molecular weight excluding hydrogens is 927 g/mol. The number of piperidine rings is 2. The number of para-hydroxylation sites is 1. The average Bonchev–Trinajstić information content (AvgIpc) is 4.10. The Hall–Kier alpha value is -5.50. The van der Waals surface area contributed by atoms with Gasteiger partial charge in [0.25, 0.3) is 5.91 Å². The van der Waals surface area contributed by atoms with Crippen molar-refractivity contribution in [3.8, 4) is 5.75 Å². The molecule has 66 heavy (non-hydrogen) atoms. The standard InChI is InChI=1S/C47H54BrN11O6S/c1-29-22-37(50-47-49-25-36(48)44(52-47)59-38-5-3-4-31-11-17-58(43(31)38)66(59,63)64)41(65-2)24-40(29)55-15-12-33(13-16-55)54-20-18-53(19-21-54)26-30-10-14-56(27-30)34-6-7-35-32(23-34)28-57(46(35)62)39-8-9-42(60)51-45(39)61/h3-7,22-25,30,33,39H,8-21,26-28H2,1-2H3,(H,49,50,52)(H,51,60,61)/t30-,39?/m1/s1. The first-order valence-corrected chi connectivity index (χ1v) is 25.3. The summed E-state index contributed by atoms with van der Waals surface area (Å²) in [5.74, 6) is 0.941. The number of hydrogen-bond acceptors (Lipinski definition) is 13. The molecule has 3 amide bonds. The molecule has 2 N–H and O–H groups in total. The molecule has 0 bridgehead atoms. The van der Waals surface area contributed by atoms with Crippen molar-refractivity contribution in [3.63, 3.8) is 0 Å². The summed E-state index contributed by atoms with van der Waals surface area (Å²) in [4.78, 5) is 58.5. The summed E-state index contributed by atoms with van der Waals surface area (Å²) in [5, 5.41) is 5.71. The Morgan fingerprint density at radius 2 is 1.68 bits per heavy atom. The molecule has 7 aliphatic rings. The summed E-state index contributed by atoms with van der Waals surface area (Å²) in [6.07, 6.45) is 6.20. The van der Waals surface area contributed by atoms with Gasteiger partial charge in [0.05, 0.1) is 28.6 Å². The van der Waals surface area contributed by atoms with Crippen LogP contribution in [0.25, 0.3) is 0 Å². The molecule has 8 heterocycles. The third-order valence-electron chi connectivity index (χ3n) is 14.7. The first-order valence-electron chi connectivity index (χ1n) is 23.1. The number of amides is 3. The number of ether oxygens (including phenoxy) is 1. The maximum atomic E-state index is 13.8. The molecule has 19 heteroatoms. The zero-order valence-corrected chi connectivity index (χ0v) is 39.6. The number of anilines is 7. The Balaban J connectivity index is 0.669. The number of carbonyl (C=O) groups is 3. The van der Waals surface area contributed by atoms with E-state index in [9.17, 15) is 22.8 Å². The molecule has 4 aromatic rings. The van der Waals surface area contributed by atoms with Crippen LogP contribution in [0.4, 0.5) is 40.2 Å². The van der Waals surface area contributed by atoms with Crippen molar-refractivity contribution < 1.29 is 27.5 Å². The summed E-state index contributed by atoms with van der Waals surface area (Å²) >= 11 is 3.52. The number of imide groups is 1. The van der Waals surface area contributed by atoms with Crippen molar-refractivity contribution in [2.75, 3.05) is 96.3 Å². The molecule has 4 fully saturated rings. The number of nitrogens with one attached hydrogen (secondary N) is 2. The number of halogens is 1. The maximum Gasteiger partial charge on any atom is 0.332 e. The number of aryl methyl sites for hydroxylation is 1. The number of nitrogens with zero attached hydrogens (tertiary/aromatic N) is 9. The van der Waals surface area contributed by atoms with E-state index in [0.29, 0.717) is 65.1 Å². The fourth-order valence-corrected chi connectivity index (χ4v) is 13.5. The predicted molar refractivity (Wildman–Crippen MR) is 255 cm³/mol. The molecule has 4 saturated heterocycles. The van der Waals surface area contributed by atoms with E-state index in [1.165, 1.54) is 8.61 Å². The molecule has 7 aliphatic heterocycles. The Morgan fingerprint density at radius 1 is 0.879 bits per heavy atom. The molecule has 2 atom stereocenters. The van der Waals surface area contributed by atoms with E-state index in [4.69, 9.17) is 9.72 Å². The molecular formula is C47H54BrN11O6S. The van der Waals surface area contributed by atoms with Crippen LogP contribution in [-0.2, 0) is 32.8 Å². The molecule has 11 rings (SSSR count). The average molecular weight is 981 g/mol. The van der Waals surface area contributed by atoms with Crippen LogP contribution in [-0.4, -0.2) is 135 Å². The van der Waals surface area contributed by atoms with Crippen LogP contribution in [0.5, 0.6) is 5.75 Å². The molecule has 1 aromatic heterocycles. The summed E-state index contributed by atoms with van der Waals surface area (Å²) in [7, 11) is -2.21. The molecule has 0 aliphatic carbocycles. The van der Waals surface area contributed by atoms with Gasteiger partial charge in [0, 0.05) is 114 Å². The monoisotopic (exact) mass is 979 g/mol. The van der Waals surface area contributed by atoms with E-state index in [1.54, 1.807) is 18.2 Å². The van der Waals surface area contributed by atoms with E-state index in [-0.39, 0.29) is 35.9 Å². The van der Waals surface area contributed by atoms with Gasteiger partial charge in [-0.25, -0.2) is 9.29 Å². The van der Waals surface area contributed by atoms with Crippen molar-refractivity contribution in [2.45, 2.75) is 64.1 Å². The van der Waals surface area contributed by atoms with Crippen LogP contribution < -0.4 is 33.8 Å². The van der Waals surface area contributed by atoms with Gasteiger partial charge in [-0.1, -0.05) is 12.1 Å². The SMILES string of the molecule is COc1cc(N2CCC(N3CCN(C[C@H]4CCN(c5ccc6c(c5)CN(C5CCC(=O)NC5=O)C6=O)C4)CC3)CC2)c(C)cc1Nc1ncc(Br)c(N2c3cccc4c3N(CC4)S2(=O)=O)n1. The Labute approximate surface area is 393 Å². The number of piperazine rings is 1. The topological polar surface area (TPSA) is 167 Å². The molecule has 0 radical (unpaired) electrons. The first-order chi connectivity index (χ1) is 31.9. The normalized spacial score (nSPS) is 23.2. The second kappa shape index (κ2) is 17.0. The van der Waals surface area contributed by atoms with Gasteiger partial charge in [0.2, 0.25) is 17.8 Å². The van der Waals surface area contributed by atoms with Crippen molar-refractivity contribution in [1.29, 1.82) is 0 Å². The smallest absolute Gasteiger partial charge is 0.332 e. The van der Waals surface area contributed by atoms with Crippen LogP contribution in [0.1, 0.15) is 59.2 Å². The summed E-state index contributed by atoms with van der Waals surface area (Å²) in [6, 6.07) is 15.8. The third kappa shape index (κ3) is 7.60. The number of rotatable bonds is 10. The second-order valence-electron chi connectivity index (χ2n) is 18.6. The molecule has 1 unspecified atom stereocenters. The van der Waals surface area contributed by atoms with Gasteiger partial charge in [-0.05, 0) is 108 Å². The highest BCUT2D eigenvalue weighted by atomic mass is 79.9. The zero-order chi connectivity index (χ0) is 45.4. The largest absolute Gasteiger partial charge is 0.494 e. The highest BCUT2D eigenvalue weighted by Gasteiger charge is 2.47. The lowest BCUT2D eigenvalue weighted by molar-refractivity contribution is -0.136. The zero-order valence-electron chi connectivity index (χ0n) is 37.2. The molecule has 346 valence electrons. The van der Waals surface area contributed by atoms with E-state index < -0.39 is 16.3 Å². The van der Waals surface area contributed by atoms with Crippen molar-refractivity contribution in [2.24, 2.45) is 5.92 Å². The molecule has 17 nitrogen and oxygen atoms in total.